The first kappa shape index (κ1) is 15.8. The average Bonchev–Trinajstić information content (AvgIpc) is 2.45. The molecule has 0 radical (unpaired) electrons. The summed E-state index contributed by atoms with van der Waals surface area (Å²) < 4.78 is 0. The lowest BCUT2D eigenvalue weighted by atomic mass is 9.72. The Bertz CT molecular complexity index is 539. The van der Waals surface area contributed by atoms with Crippen LogP contribution in [0.25, 0.3) is 0 Å². The first-order chi connectivity index (χ1) is 10.0. The van der Waals surface area contributed by atoms with E-state index in [2.05, 4.69) is 10.3 Å². The van der Waals surface area contributed by atoms with E-state index in [0.29, 0.717) is 17.8 Å². The molecule has 3 N–H and O–H groups in total. The van der Waals surface area contributed by atoms with Crippen LogP contribution in [0.1, 0.15) is 54.6 Å². The highest BCUT2D eigenvalue weighted by molar-refractivity contribution is 5.94. The summed E-state index contributed by atoms with van der Waals surface area (Å²) in [6, 6.07) is 3.00. The van der Waals surface area contributed by atoms with Gasteiger partial charge in [-0.25, -0.2) is 0 Å². The van der Waals surface area contributed by atoms with Crippen LogP contribution >= 0.6 is 0 Å². The summed E-state index contributed by atoms with van der Waals surface area (Å²) >= 11 is 0. The molecule has 1 fully saturated rings. The molecule has 0 unspecified atom stereocenters. The van der Waals surface area contributed by atoms with Crippen LogP contribution in [-0.2, 0) is 0 Å². The molecule has 1 aromatic rings. The van der Waals surface area contributed by atoms with Gasteiger partial charge in [0.05, 0.1) is 0 Å². The Labute approximate surface area is 124 Å². The van der Waals surface area contributed by atoms with Crippen molar-refractivity contribution in [3.05, 3.63) is 33.7 Å². The number of amides is 1. The third-order valence-corrected chi connectivity index (χ3v) is 4.42. The molecule has 0 spiro atoms. The van der Waals surface area contributed by atoms with E-state index < -0.39 is 0 Å². The van der Waals surface area contributed by atoms with E-state index in [9.17, 15) is 14.7 Å². The second kappa shape index (κ2) is 6.89. The molecule has 1 heterocycles. The fraction of sp³-hybridized carbons (Fsp3) is 0.625. The highest BCUT2D eigenvalue weighted by Gasteiger charge is 2.31. The molecule has 5 nitrogen and oxygen atoms in total. The van der Waals surface area contributed by atoms with Crippen LogP contribution in [0.5, 0.6) is 0 Å². The zero-order chi connectivity index (χ0) is 15.3. The Hall–Kier alpha value is -1.62. The molecule has 1 amide bonds. The molecule has 0 saturated heterocycles. The Balaban J connectivity index is 2.03. The molecule has 0 atom stereocenters. The lowest BCUT2D eigenvalue weighted by molar-refractivity contribution is 0.0868. The van der Waals surface area contributed by atoms with Gasteiger partial charge in [0, 0.05) is 30.5 Å². The number of carbonyl (C=O) groups excluding carboxylic acids is 1. The van der Waals surface area contributed by atoms with Crippen molar-refractivity contribution in [2.75, 3.05) is 13.2 Å². The highest BCUT2D eigenvalue weighted by atomic mass is 16.3. The van der Waals surface area contributed by atoms with E-state index in [1.165, 1.54) is 12.5 Å². The van der Waals surface area contributed by atoms with E-state index in [-0.39, 0.29) is 23.5 Å². The lowest BCUT2D eigenvalue weighted by Gasteiger charge is -2.37. The van der Waals surface area contributed by atoms with E-state index >= 15 is 0 Å². The maximum absolute atomic E-state index is 12.2. The van der Waals surface area contributed by atoms with Crippen LogP contribution in [0.4, 0.5) is 0 Å². The Morgan fingerprint density at radius 3 is 2.67 bits per heavy atom. The topological polar surface area (TPSA) is 82.2 Å². The summed E-state index contributed by atoms with van der Waals surface area (Å²) in [6.45, 7) is 2.48. The van der Waals surface area contributed by atoms with Crippen molar-refractivity contribution in [3.63, 3.8) is 0 Å². The van der Waals surface area contributed by atoms with Gasteiger partial charge in [-0.05, 0) is 37.7 Å². The van der Waals surface area contributed by atoms with Gasteiger partial charge in [0.25, 0.3) is 5.91 Å². The van der Waals surface area contributed by atoms with Crippen LogP contribution < -0.4 is 10.9 Å². The predicted octanol–water partition coefficient (Wildman–Crippen LogP) is 1.75. The largest absolute Gasteiger partial charge is 0.396 e. The minimum atomic E-state index is -0.261. The second-order valence-corrected chi connectivity index (χ2v) is 6.13. The molecule has 21 heavy (non-hydrogen) atoms. The molecule has 2 rings (SSSR count). The summed E-state index contributed by atoms with van der Waals surface area (Å²) in [4.78, 5) is 26.3. The Morgan fingerprint density at radius 1 is 1.33 bits per heavy atom. The first-order valence-corrected chi connectivity index (χ1v) is 7.65. The van der Waals surface area contributed by atoms with E-state index in [0.717, 1.165) is 32.1 Å². The quantitative estimate of drug-likeness (QED) is 0.773. The van der Waals surface area contributed by atoms with Crippen molar-refractivity contribution in [1.29, 1.82) is 0 Å². The summed E-state index contributed by atoms with van der Waals surface area (Å²) in [6.07, 6.45) is 6.35. The third kappa shape index (κ3) is 4.17. The number of aliphatic hydroxyl groups excluding tert-OH is 1. The standard InChI is InChI=1S/C16H24N2O3/c1-12-9-13(10-14(20)18-12)15(21)17-11-16(7-8-19)5-3-2-4-6-16/h9-10,19H,2-8,11H2,1H3,(H,17,21)(H,18,20). The van der Waals surface area contributed by atoms with Crippen LogP contribution in [0, 0.1) is 12.3 Å². The van der Waals surface area contributed by atoms with Crippen LogP contribution in [-0.4, -0.2) is 29.1 Å². The van der Waals surface area contributed by atoms with Gasteiger partial charge in [-0.3, -0.25) is 9.59 Å². The van der Waals surface area contributed by atoms with Crippen molar-refractivity contribution < 1.29 is 9.90 Å². The maximum Gasteiger partial charge on any atom is 0.251 e. The van der Waals surface area contributed by atoms with Crippen molar-refractivity contribution in [3.8, 4) is 0 Å². The molecule has 5 heteroatoms. The predicted molar refractivity (Wildman–Crippen MR) is 81.4 cm³/mol. The fourth-order valence-electron chi connectivity index (χ4n) is 3.24. The van der Waals surface area contributed by atoms with E-state index in [1.807, 2.05) is 0 Å². The fourth-order valence-corrected chi connectivity index (χ4v) is 3.24. The number of nitrogens with one attached hydrogen (secondary N) is 2. The zero-order valence-electron chi connectivity index (χ0n) is 12.6. The summed E-state index contributed by atoms with van der Waals surface area (Å²) in [5.41, 5.74) is 0.823. The Morgan fingerprint density at radius 2 is 2.05 bits per heavy atom. The van der Waals surface area contributed by atoms with E-state index in [4.69, 9.17) is 0 Å². The number of aliphatic hydroxyl groups is 1. The van der Waals surface area contributed by atoms with Gasteiger partial charge in [0.2, 0.25) is 5.56 Å². The van der Waals surface area contributed by atoms with E-state index in [1.54, 1.807) is 13.0 Å². The zero-order valence-corrected chi connectivity index (χ0v) is 12.6. The minimum absolute atomic E-state index is 0.0128. The monoisotopic (exact) mass is 292 g/mol. The third-order valence-electron chi connectivity index (χ3n) is 4.42. The number of carbonyl (C=O) groups is 1. The Kier molecular flexibility index (Phi) is 5.17. The van der Waals surface area contributed by atoms with Crippen LogP contribution in [0.15, 0.2) is 16.9 Å². The smallest absolute Gasteiger partial charge is 0.251 e. The van der Waals surface area contributed by atoms with Gasteiger partial charge in [-0.2, -0.15) is 0 Å². The van der Waals surface area contributed by atoms with Crippen LogP contribution in [0.3, 0.4) is 0 Å². The van der Waals surface area contributed by atoms with Crippen molar-refractivity contribution in [2.24, 2.45) is 5.41 Å². The lowest BCUT2D eigenvalue weighted by Crippen LogP contribution is -2.39. The number of aryl methyl sites for hydroxylation is 1. The van der Waals surface area contributed by atoms with Gasteiger partial charge >= 0.3 is 0 Å². The summed E-state index contributed by atoms with van der Waals surface area (Å²) in [7, 11) is 0. The molecular weight excluding hydrogens is 268 g/mol. The SMILES string of the molecule is Cc1cc(C(=O)NCC2(CCO)CCCCC2)cc(=O)[nH]1. The molecule has 0 aliphatic heterocycles. The van der Waals surface area contributed by atoms with Crippen molar-refractivity contribution in [1.82, 2.24) is 10.3 Å². The molecule has 1 aromatic heterocycles. The number of hydrogen-bond acceptors (Lipinski definition) is 3. The van der Waals surface area contributed by atoms with Crippen LogP contribution in [0.2, 0.25) is 0 Å². The number of rotatable bonds is 5. The normalized spacial score (nSPS) is 17.4. The molecule has 1 aliphatic carbocycles. The molecule has 1 aliphatic rings. The second-order valence-electron chi connectivity index (χ2n) is 6.13. The molecular formula is C16H24N2O3. The average molecular weight is 292 g/mol. The van der Waals surface area contributed by atoms with Gasteiger partial charge in [-0.1, -0.05) is 19.3 Å². The molecule has 116 valence electrons. The highest BCUT2D eigenvalue weighted by Crippen LogP contribution is 2.38. The minimum Gasteiger partial charge on any atom is -0.396 e. The number of pyridine rings is 1. The number of aromatic amines is 1. The summed E-state index contributed by atoms with van der Waals surface area (Å²) in [5.74, 6) is -0.216. The first-order valence-electron chi connectivity index (χ1n) is 7.65. The number of H-pyrrole nitrogens is 1. The van der Waals surface area contributed by atoms with Gasteiger partial charge in [0.15, 0.2) is 0 Å². The molecule has 0 bridgehead atoms. The molecule has 0 aromatic carbocycles. The van der Waals surface area contributed by atoms with Crippen molar-refractivity contribution in [2.45, 2.75) is 45.4 Å². The van der Waals surface area contributed by atoms with Crippen molar-refractivity contribution >= 4 is 5.91 Å². The summed E-state index contributed by atoms with van der Waals surface area (Å²) in [5, 5.41) is 12.2. The van der Waals surface area contributed by atoms with Gasteiger partial charge < -0.3 is 15.4 Å². The maximum atomic E-state index is 12.2. The molecule has 1 saturated carbocycles. The van der Waals surface area contributed by atoms with Gasteiger partial charge in [-0.15, -0.1) is 0 Å². The number of hydrogen-bond donors (Lipinski definition) is 3. The van der Waals surface area contributed by atoms with Gasteiger partial charge in [0.1, 0.15) is 0 Å². The number of aromatic nitrogens is 1.